The van der Waals surface area contributed by atoms with Crippen LogP contribution in [-0.4, -0.2) is 15.6 Å². The van der Waals surface area contributed by atoms with Crippen molar-refractivity contribution in [3.8, 4) is 0 Å². The number of carbonyl (C=O) groups excluding carboxylic acids is 1. The van der Waals surface area contributed by atoms with E-state index in [-0.39, 0.29) is 6.42 Å². The molecule has 0 amide bonds. The molecule has 3 nitrogen and oxygen atoms in total. The van der Waals surface area contributed by atoms with Gasteiger partial charge in [-0.05, 0) is 41.9 Å². The number of aromatic nitrogens is 2. The number of hydrogen-bond donors (Lipinski definition) is 0. The van der Waals surface area contributed by atoms with Gasteiger partial charge in [0.1, 0.15) is 11.6 Å². The summed E-state index contributed by atoms with van der Waals surface area (Å²) in [6.45, 7) is 4.26. The molecule has 0 N–H and O–H groups in total. The molecule has 20 heavy (non-hydrogen) atoms. The van der Waals surface area contributed by atoms with Crippen LogP contribution in [0.4, 0.5) is 8.78 Å². The summed E-state index contributed by atoms with van der Waals surface area (Å²) < 4.78 is 29.5. The molecule has 0 radical (unpaired) electrons. The highest BCUT2D eigenvalue weighted by molar-refractivity contribution is 9.10. The molecular weight excluding hydrogens is 330 g/mol. The van der Waals surface area contributed by atoms with Crippen LogP contribution >= 0.6 is 15.9 Å². The lowest BCUT2D eigenvalue weighted by Gasteiger charge is -2.06. The fourth-order valence-electron chi connectivity index (χ4n) is 2.04. The first kappa shape index (κ1) is 14.8. The van der Waals surface area contributed by atoms with Crippen LogP contribution in [0, 0.1) is 18.6 Å². The molecule has 0 aliphatic rings. The summed E-state index contributed by atoms with van der Waals surface area (Å²) in [5, 5.41) is 4.25. The highest BCUT2D eigenvalue weighted by Crippen LogP contribution is 2.23. The number of hydrogen-bond acceptors (Lipinski definition) is 2. The standard InChI is InChI=1S/C14H13BrF2N2O/c1-3-19-11(14(15)8(2)18-19)7-12(20)13-9(16)5-4-6-10(13)17/h4-6H,3,7H2,1-2H3. The van der Waals surface area contributed by atoms with Crippen LogP contribution in [0.5, 0.6) is 0 Å². The Morgan fingerprint density at radius 1 is 1.35 bits per heavy atom. The first-order valence-corrected chi connectivity index (χ1v) is 6.94. The molecular formula is C14H13BrF2N2O. The van der Waals surface area contributed by atoms with Gasteiger partial charge >= 0.3 is 0 Å². The van der Waals surface area contributed by atoms with Crippen LogP contribution < -0.4 is 0 Å². The Bertz CT molecular complexity index is 647. The quantitative estimate of drug-likeness (QED) is 0.794. The van der Waals surface area contributed by atoms with Crippen molar-refractivity contribution in [2.45, 2.75) is 26.8 Å². The number of halogens is 3. The highest BCUT2D eigenvalue weighted by Gasteiger charge is 2.21. The predicted molar refractivity (Wildman–Crippen MR) is 74.7 cm³/mol. The van der Waals surface area contributed by atoms with E-state index in [2.05, 4.69) is 21.0 Å². The SMILES string of the molecule is CCn1nc(C)c(Br)c1CC(=O)c1c(F)cccc1F. The summed E-state index contributed by atoms with van der Waals surface area (Å²) in [7, 11) is 0. The Morgan fingerprint density at radius 2 is 1.95 bits per heavy atom. The Kier molecular flexibility index (Phi) is 4.32. The van der Waals surface area contributed by atoms with Crippen molar-refractivity contribution in [3.63, 3.8) is 0 Å². The molecule has 0 fully saturated rings. The molecule has 0 spiro atoms. The Balaban J connectivity index is 2.38. The summed E-state index contributed by atoms with van der Waals surface area (Å²) >= 11 is 3.36. The lowest BCUT2D eigenvalue weighted by Crippen LogP contribution is -2.13. The minimum Gasteiger partial charge on any atom is -0.294 e. The average Bonchev–Trinajstić information content (AvgIpc) is 2.66. The molecule has 0 aliphatic heterocycles. The zero-order valence-electron chi connectivity index (χ0n) is 11.1. The van der Waals surface area contributed by atoms with Gasteiger partial charge in [-0.2, -0.15) is 5.10 Å². The van der Waals surface area contributed by atoms with Crippen molar-refractivity contribution in [1.29, 1.82) is 0 Å². The minimum absolute atomic E-state index is 0.104. The van der Waals surface area contributed by atoms with Crippen LogP contribution in [-0.2, 0) is 13.0 Å². The third kappa shape index (κ3) is 2.65. The van der Waals surface area contributed by atoms with Crippen molar-refractivity contribution in [3.05, 3.63) is 51.3 Å². The van der Waals surface area contributed by atoms with Gasteiger partial charge in [-0.3, -0.25) is 9.48 Å². The summed E-state index contributed by atoms with van der Waals surface area (Å²) in [4.78, 5) is 12.1. The number of ketones is 1. The molecule has 0 unspecified atom stereocenters. The first-order valence-electron chi connectivity index (χ1n) is 6.14. The van der Waals surface area contributed by atoms with Gasteiger partial charge in [0.05, 0.1) is 27.8 Å². The zero-order chi connectivity index (χ0) is 14.9. The number of carbonyl (C=O) groups is 1. The first-order chi connectivity index (χ1) is 9.45. The Morgan fingerprint density at radius 3 is 2.50 bits per heavy atom. The minimum atomic E-state index is -0.842. The molecule has 0 atom stereocenters. The second kappa shape index (κ2) is 5.83. The number of nitrogens with zero attached hydrogens (tertiary/aromatic N) is 2. The van der Waals surface area contributed by atoms with E-state index in [1.54, 1.807) is 11.6 Å². The monoisotopic (exact) mass is 342 g/mol. The molecule has 2 aromatic rings. The van der Waals surface area contributed by atoms with Crippen molar-refractivity contribution < 1.29 is 13.6 Å². The van der Waals surface area contributed by atoms with Crippen molar-refractivity contribution in [2.24, 2.45) is 0 Å². The second-order valence-electron chi connectivity index (χ2n) is 4.36. The van der Waals surface area contributed by atoms with Gasteiger partial charge in [-0.15, -0.1) is 0 Å². The fraction of sp³-hybridized carbons (Fsp3) is 0.286. The maximum absolute atomic E-state index is 13.6. The topological polar surface area (TPSA) is 34.9 Å². The third-order valence-corrected chi connectivity index (χ3v) is 4.05. The molecule has 106 valence electrons. The molecule has 0 bridgehead atoms. The van der Waals surface area contributed by atoms with Crippen LogP contribution in [0.3, 0.4) is 0 Å². The van der Waals surface area contributed by atoms with E-state index in [1.165, 1.54) is 6.07 Å². The third-order valence-electron chi connectivity index (χ3n) is 3.02. The van der Waals surface area contributed by atoms with E-state index < -0.39 is 23.0 Å². The Hall–Kier alpha value is -1.56. The largest absolute Gasteiger partial charge is 0.294 e. The number of benzene rings is 1. The Labute approximate surface area is 123 Å². The van der Waals surface area contributed by atoms with Gasteiger partial charge in [0, 0.05) is 6.54 Å². The summed E-state index contributed by atoms with van der Waals surface area (Å²) in [5.41, 5.74) is 0.863. The van der Waals surface area contributed by atoms with Crippen LogP contribution in [0.1, 0.15) is 28.7 Å². The zero-order valence-corrected chi connectivity index (χ0v) is 12.7. The molecule has 6 heteroatoms. The van der Waals surface area contributed by atoms with Gasteiger partial charge in [-0.1, -0.05) is 6.07 Å². The van der Waals surface area contributed by atoms with Gasteiger partial charge in [0.2, 0.25) is 0 Å². The van der Waals surface area contributed by atoms with Gasteiger partial charge in [-0.25, -0.2) is 8.78 Å². The summed E-state index contributed by atoms with van der Waals surface area (Å²) in [6, 6.07) is 3.39. The molecule has 0 aliphatic carbocycles. The lowest BCUT2D eigenvalue weighted by atomic mass is 10.1. The summed E-state index contributed by atoms with van der Waals surface area (Å²) in [5.74, 6) is -2.29. The van der Waals surface area contributed by atoms with E-state index >= 15 is 0 Å². The van der Waals surface area contributed by atoms with Crippen molar-refractivity contribution in [2.75, 3.05) is 0 Å². The van der Waals surface area contributed by atoms with Gasteiger partial charge < -0.3 is 0 Å². The van der Waals surface area contributed by atoms with Crippen molar-refractivity contribution in [1.82, 2.24) is 9.78 Å². The fourth-order valence-corrected chi connectivity index (χ4v) is 2.47. The molecule has 2 rings (SSSR count). The predicted octanol–water partition coefficient (Wildman–Crippen LogP) is 3.68. The molecule has 0 saturated carbocycles. The average molecular weight is 343 g/mol. The van der Waals surface area contributed by atoms with E-state index in [9.17, 15) is 13.6 Å². The number of Topliss-reactive ketones (excluding diaryl/α,β-unsaturated/α-hetero) is 1. The number of rotatable bonds is 4. The molecule has 0 saturated heterocycles. The molecule has 1 heterocycles. The van der Waals surface area contributed by atoms with Crippen molar-refractivity contribution >= 4 is 21.7 Å². The number of aryl methyl sites for hydroxylation is 2. The van der Waals surface area contributed by atoms with Crippen LogP contribution in [0.2, 0.25) is 0 Å². The lowest BCUT2D eigenvalue weighted by molar-refractivity contribution is 0.0982. The maximum Gasteiger partial charge on any atom is 0.174 e. The normalized spacial score (nSPS) is 10.8. The van der Waals surface area contributed by atoms with Crippen LogP contribution in [0.15, 0.2) is 22.7 Å². The smallest absolute Gasteiger partial charge is 0.174 e. The van der Waals surface area contributed by atoms with E-state index in [1.807, 2.05) is 6.92 Å². The molecule has 1 aromatic carbocycles. The summed E-state index contributed by atoms with van der Waals surface area (Å²) in [6.07, 6.45) is -0.104. The molecule has 1 aromatic heterocycles. The van der Waals surface area contributed by atoms with E-state index in [4.69, 9.17) is 0 Å². The van der Waals surface area contributed by atoms with Gasteiger partial charge in [0.25, 0.3) is 0 Å². The van der Waals surface area contributed by atoms with Gasteiger partial charge in [0.15, 0.2) is 5.78 Å². The second-order valence-corrected chi connectivity index (χ2v) is 5.15. The highest BCUT2D eigenvalue weighted by atomic mass is 79.9. The van der Waals surface area contributed by atoms with E-state index in [0.29, 0.717) is 16.7 Å². The van der Waals surface area contributed by atoms with Crippen LogP contribution in [0.25, 0.3) is 0 Å². The van der Waals surface area contributed by atoms with E-state index in [0.717, 1.165) is 17.8 Å². The maximum atomic E-state index is 13.6.